The second kappa shape index (κ2) is 6.50. The first-order valence-electron chi connectivity index (χ1n) is 7.53. The van der Waals surface area contributed by atoms with Crippen molar-refractivity contribution in [3.63, 3.8) is 0 Å². The van der Waals surface area contributed by atoms with Gasteiger partial charge in [-0.3, -0.25) is 19.2 Å². The molecular weight excluding hydrogens is 364 g/mol. The Kier molecular flexibility index (Phi) is 4.53. The lowest BCUT2D eigenvalue weighted by Crippen LogP contribution is -2.29. The molecule has 0 saturated carbocycles. The predicted molar refractivity (Wildman–Crippen MR) is 95.2 cm³/mol. The Morgan fingerprint density at radius 3 is 2.28 bits per heavy atom. The number of rotatable bonds is 4. The molecule has 0 bridgehead atoms. The number of nitrogens with zero attached hydrogens (tertiary/aromatic N) is 1. The van der Waals surface area contributed by atoms with Crippen molar-refractivity contribution in [2.24, 2.45) is 0 Å². The molecule has 2 aromatic rings. The van der Waals surface area contributed by atoms with E-state index in [1.807, 2.05) is 0 Å². The van der Waals surface area contributed by atoms with Crippen LogP contribution < -0.4 is 9.62 Å². The van der Waals surface area contributed by atoms with Crippen molar-refractivity contribution >= 4 is 44.8 Å². The van der Waals surface area contributed by atoms with Crippen molar-refractivity contribution in [2.45, 2.75) is 24.7 Å². The van der Waals surface area contributed by atoms with Crippen LogP contribution in [0.4, 0.5) is 11.4 Å². The summed E-state index contributed by atoms with van der Waals surface area (Å²) in [6, 6.07) is 10.8. The molecule has 1 aliphatic rings. The van der Waals surface area contributed by atoms with Gasteiger partial charge in [-0.2, -0.15) is 0 Å². The molecule has 0 unspecified atom stereocenters. The van der Waals surface area contributed by atoms with Gasteiger partial charge in [-0.05, 0) is 42.8 Å². The number of carbonyl (C=O) groups is 2. The third-order valence-electron chi connectivity index (χ3n) is 3.89. The Bertz CT molecular complexity index is 956. The molecule has 1 N–H and O–H groups in total. The Morgan fingerprint density at radius 2 is 1.68 bits per heavy atom. The molecule has 3 rings (SSSR count). The molecule has 2 amide bonds. The number of anilines is 2. The van der Waals surface area contributed by atoms with E-state index in [4.69, 9.17) is 11.6 Å². The van der Waals surface area contributed by atoms with Gasteiger partial charge in [-0.25, -0.2) is 8.42 Å². The van der Waals surface area contributed by atoms with Crippen LogP contribution in [0.5, 0.6) is 0 Å². The fourth-order valence-corrected chi connectivity index (χ4v) is 4.04. The van der Waals surface area contributed by atoms with E-state index in [9.17, 15) is 18.0 Å². The van der Waals surface area contributed by atoms with Crippen molar-refractivity contribution in [2.75, 3.05) is 9.62 Å². The number of nitrogens with one attached hydrogen (secondary N) is 1. The molecule has 1 saturated heterocycles. The lowest BCUT2D eigenvalue weighted by Gasteiger charge is -2.17. The molecule has 1 aliphatic heterocycles. The summed E-state index contributed by atoms with van der Waals surface area (Å²) < 4.78 is 27.5. The summed E-state index contributed by atoms with van der Waals surface area (Å²) in [7, 11) is -3.85. The number of imide groups is 1. The largest absolute Gasteiger partial charge is 0.278 e. The zero-order chi connectivity index (χ0) is 18.2. The van der Waals surface area contributed by atoms with Gasteiger partial charge in [0.25, 0.3) is 10.0 Å². The smallest absolute Gasteiger partial charge is 0.261 e. The van der Waals surface area contributed by atoms with Gasteiger partial charge in [0.2, 0.25) is 11.8 Å². The minimum atomic E-state index is -3.85. The summed E-state index contributed by atoms with van der Waals surface area (Å²) in [6.07, 6.45) is 0.346. The fourth-order valence-electron chi connectivity index (χ4n) is 2.64. The van der Waals surface area contributed by atoms with Crippen LogP contribution in [0.15, 0.2) is 47.4 Å². The van der Waals surface area contributed by atoms with Crippen LogP contribution in [0.2, 0.25) is 5.02 Å². The van der Waals surface area contributed by atoms with Crippen LogP contribution in [-0.4, -0.2) is 20.2 Å². The lowest BCUT2D eigenvalue weighted by atomic mass is 10.2. The highest BCUT2D eigenvalue weighted by molar-refractivity contribution is 7.92. The number of hydrogen-bond acceptors (Lipinski definition) is 4. The van der Waals surface area contributed by atoms with E-state index in [0.717, 1.165) is 4.90 Å². The van der Waals surface area contributed by atoms with Crippen molar-refractivity contribution < 1.29 is 18.0 Å². The summed E-state index contributed by atoms with van der Waals surface area (Å²) in [4.78, 5) is 24.8. The monoisotopic (exact) mass is 378 g/mol. The molecule has 6 nitrogen and oxygen atoms in total. The SMILES string of the molecule is Cc1cc(S(=O)(=O)Nc2ccccc2Cl)ccc1N1C(=O)CCC1=O. The summed E-state index contributed by atoms with van der Waals surface area (Å²) in [5.74, 6) is -0.559. The number of sulfonamides is 1. The van der Waals surface area contributed by atoms with Gasteiger partial charge >= 0.3 is 0 Å². The van der Waals surface area contributed by atoms with E-state index < -0.39 is 10.0 Å². The maximum Gasteiger partial charge on any atom is 0.261 e. The van der Waals surface area contributed by atoms with Gasteiger partial charge in [0.1, 0.15) is 0 Å². The highest BCUT2D eigenvalue weighted by Gasteiger charge is 2.31. The van der Waals surface area contributed by atoms with E-state index in [2.05, 4.69) is 4.72 Å². The van der Waals surface area contributed by atoms with Crippen molar-refractivity contribution in [1.82, 2.24) is 0 Å². The molecule has 1 heterocycles. The first-order valence-corrected chi connectivity index (χ1v) is 9.39. The average Bonchev–Trinajstić information content (AvgIpc) is 2.88. The van der Waals surface area contributed by atoms with Gasteiger partial charge in [-0.15, -0.1) is 0 Å². The molecule has 130 valence electrons. The van der Waals surface area contributed by atoms with E-state index in [-0.39, 0.29) is 40.3 Å². The van der Waals surface area contributed by atoms with Gasteiger partial charge in [0.15, 0.2) is 0 Å². The molecule has 0 atom stereocenters. The normalized spacial score (nSPS) is 14.9. The third kappa shape index (κ3) is 3.38. The Hall–Kier alpha value is -2.38. The molecule has 0 radical (unpaired) electrons. The quantitative estimate of drug-likeness (QED) is 0.828. The van der Waals surface area contributed by atoms with E-state index >= 15 is 0 Å². The van der Waals surface area contributed by atoms with Gasteiger partial charge in [0, 0.05) is 12.8 Å². The summed E-state index contributed by atoms with van der Waals surface area (Å²) in [6.45, 7) is 1.66. The van der Waals surface area contributed by atoms with E-state index in [1.54, 1.807) is 31.2 Å². The summed E-state index contributed by atoms with van der Waals surface area (Å²) in [5.41, 5.74) is 1.20. The Labute approximate surface area is 150 Å². The van der Waals surface area contributed by atoms with Crippen LogP contribution in [-0.2, 0) is 19.6 Å². The number of amides is 2. The predicted octanol–water partition coefficient (Wildman–Crippen LogP) is 3.10. The highest BCUT2D eigenvalue weighted by atomic mass is 35.5. The highest BCUT2D eigenvalue weighted by Crippen LogP contribution is 2.29. The molecule has 0 aromatic heterocycles. The first-order chi connectivity index (χ1) is 11.8. The minimum Gasteiger partial charge on any atom is -0.278 e. The zero-order valence-electron chi connectivity index (χ0n) is 13.3. The van der Waals surface area contributed by atoms with Crippen molar-refractivity contribution in [3.8, 4) is 0 Å². The van der Waals surface area contributed by atoms with Crippen molar-refractivity contribution in [3.05, 3.63) is 53.1 Å². The zero-order valence-corrected chi connectivity index (χ0v) is 14.9. The van der Waals surface area contributed by atoms with Crippen LogP contribution >= 0.6 is 11.6 Å². The molecule has 0 spiro atoms. The summed E-state index contributed by atoms with van der Waals surface area (Å²) >= 11 is 5.98. The van der Waals surface area contributed by atoms with Crippen LogP contribution in [0, 0.1) is 6.92 Å². The number of benzene rings is 2. The van der Waals surface area contributed by atoms with E-state index in [0.29, 0.717) is 11.3 Å². The number of carbonyl (C=O) groups excluding carboxylic acids is 2. The number of hydrogen-bond donors (Lipinski definition) is 1. The standard InChI is InChI=1S/C17H15ClN2O4S/c1-11-10-12(6-7-15(11)20-16(21)8-9-17(20)22)25(23,24)19-14-5-3-2-4-13(14)18/h2-7,10,19H,8-9H2,1H3. The van der Waals surface area contributed by atoms with E-state index in [1.165, 1.54) is 18.2 Å². The maximum absolute atomic E-state index is 12.6. The third-order valence-corrected chi connectivity index (χ3v) is 5.58. The topological polar surface area (TPSA) is 83.6 Å². The first kappa shape index (κ1) is 17.4. The second-order valence-electron chi connectivity index (χ2n) is 5.66. The maximum atomic E-state index is 12.6. The Morgan fingerprint density at radius 1 is 1.04 bits per heavy atom. The van der Waals surface area contributed by atoms with Crippen molar-refractivity contribution in [1.29, 1.82) is 0 Å². The van der Waals surface area contributed by atoms with Gasteiger partial charge < -0.3 is 0 Å². The molecular formula is C17H15ClN2O4S. The molecule has 8 heteroatoms. The summed E-state index contributed by atoms with van der Waals surface area (Å²) in [5, 5.41) is 0.285. The fraction of sp³-hybridized carbons (Fsp3) is 0.176. The average molecular weight is 379 g/mol. The lowest BCUT2D eigenvalue weighted by molar-refractivity contribution is -0.121. The van der Waals surface area contributed by atoms with Crippen LogP contribution in [0.3, 0.4) is 0 Å². The van der Waals surface area contributed by atoms with Gasteiger partial charge in [0.05, 0.1) is 21.3 Å². The van der Waals surface area contributed by atoms with Crippen LogP contribution in [0.25, 0.3) is 0 Å². The molecule has 0 aliphatic carbocycles. The Balaban J connectivity index is 1.93. The number of para-hydroxylation sites is 1. The van der Waals surface area contributed by atoms with Gasteiger partial charge in [-0.1, -0.05) is 23.7 Å². The molecule has 2 aromatic carbocycles. The van der Waals surface area contributed by atoms with Crippen LogP contribution in [0.1, 0.15) is 18.4 Å². The second-order valence-corrected chi connectivity index (χ2v) is 7.75. The molecule has 1 fully saturated rings. The molecule has 25 heavy (non-hydrogen) atoms. The number of aryl methyl sites for hydroxylation is 1. The number of halogens is 1. The minimum absolute atomic E-state index is 0.0211.